The third kappa shape index (κ3) is 3.30. The van der Waals surface area contributed by atoms with E-state index in [0.29, 0.717) is 0 Å². The van der Waals surface area contributed by atoms with Crippen LogP contribution in [0.25, 0.3) is 10.2 Å². The summed E-state index contributed by atoms with van der Waals surface area (Å²) in [6.45, 7) is 2.17. The maximum atomic E-state index is 11.9. The van der Waals surface area contributed by atoms with Crippen LogP contribution in [0.1, 0.15) is 24.4 Å². The van der Waals surface area contributed by atoms with Gasteiger partial charge in [0.05, 0.1) is 10.2 Å². The SMILES string of the molecule is NC(=O)[C@H](Nc1ccc2nc(N3CCCC3)sc2c1)c1ccccc1. The second-order valence-electron chi connectivity index (χ2n) is 6.26. The third-order valence-electron chi connectivity index (χ3n) is 4.48. The van der Waals surface area contributed by atoms with E-state index in [9.17, 15) is 4.79 Å². The quantitative estimate of drug-likeness (QED) is 0.737. The first kappa shape index (κ1) is 15.9. The molecule has 3 N–H and O–H groups in total. The first-order valence-corrected chi connectivity index (χ1v) is 9.29. The van der Waals surface area contributed by atoms with Crippen molar-refractivity contribution in [2.45, 2.75) is 18.9 Å². The van der Waals surface area contributed by atoms with E-state index in [-0.39, 0.29) is 0 Å². The van der Waals surface area contributed by atoms with E-state index in [4.69, 9.17) is 10.7 Å². The van der Waals surface area contributed by atoms with Gasteiger partial charge in [-0.05, 0) is 36.6 Å². The number of rotatable bonds is 5. The summed E-state index contributed by atoms with van der Waals surface area (Å²) in [5, 5.41) is 4.34. The second-order valence-corrected chi connectivity index (χ2v) is 7.27. The number of nitrogens with one attached hydrogen (secondary N) is 1. The van der Waals surface area contributed by atoms with Crippen molar-refractivity contribution in [3.8, 4) is 0 Å². The van der Waals surface area contributed by atoms with Crippen LogP contribution in [-0.2, 0) is 4.79 Å². The average Bonchev–Trinajstić information content (AvgIpc) is 3.29. The molecule has 0 radical (unpaired) electrons. The number of carbonyl (C=O) groups is 1. The molecule has 2 aromatic carbocycles. The molecule has 1 atom stereocenters. The highest BCUT2D eigenvalue weighted by Gasteiger charge is 2.19. The number of thiazole rings is 1. The fourth-order valence-electron chi connectivity index (χ4n) is 3.18. The third-order valence-corrected chi connectivity index (χ3v) is 5.56. The number of amides is 1. The summed E-state index contributed by atoms with van der Waals surface area (Å²) in [5.74, 6) is -0.395. The van der Waals surface area contributed by atoms with Crippen molar-refractivity contribution in [3.63, 3.8) is 0 Å². The Kier molecular flexibility index (Phi) is 4.28. The molecule has 0 spiro atoms. The number of carbonyl (C=O) groups excluding carboxylic acids is 1. The van der Waals surface area contributed by atoms with Gasteiger partial charge in [0, 0.05) is 18.8 Å². The molecule has 1 amide bonds. The van der Waals surface area contributed by atoms with Crippen molar-refractivity contribution >= 4 is 38.3 Å². The minimum absolute atomic E-state index is 0.395. The van der Waals surface area contributed by atoms with Crippen LogP contribution in [-0.4, -0.2) is 24.0 Å². The Morgan fingerprint density at radius 2 is 1.92 bits per heavy atom. The Balaban J connectivity index is 1.61. The maximum absolute atomic E-state index is 11.9. The number of hydrogen-bond donors (Lipinski definition) is 2. The summed E-state index contributed by atoms with van der Waals surface area (Å²) in [7, 11) is 0. The largest absolute Gasteiger partial charge is 0.370 e. The zero-order valence-corrected chi connectivity index (χ0v) is 14.6. The molecule has 3 aromatic rings. The molecular weight excluding hydrogens is 332 g/mol. The molecule has 128 valence electrons. The summed E-state index contributed by atoms with van der Waals surface area (Å²) in [6.07, 6.45) is 2.47. The average molecular weight is 352 g/mol. The smallest absolute Gasteiger partial charge is 0.244 e. The highest BCUT2D eigenvalue weighted by Crippen LogP contribution is 2.33. The van der Waals surface area contributed by atoms with Crippen LogP contribution in [0.4, 0.5) is 10.8 Å². The number of benzene rings is 2. The van der Waals surface area contributed by atoms with Crippen molar-refractivity contribution in [1.29, 1.82) is 0 Å². The Morgan fingerprint density at radius 1 is 1.16 bits per heavy atom. The first-order valence-electron chi connectivity index (χ1n) is 8.47. The van der Waals surface area contributed by atoms with Crippen LogP contribution in [0.2, 0.25) is 0 Å². The van der Waals surface area contributed by atoms with Gasteiger partial charge in [-0.25, -0.2) is 4.98 Å². The van der Waals surface area contributed by atoms with E-state index in [2.05, 4.69) is 10.2 Å². The van der Waals surface area contributed by atoms with Gasteiger partial charge in [0.1, 0.15) is 6.04 Å². The molecule has 6 heteroatoms. The van der Waals surface area contributed by atoms with Gasteiger partial charge in [-0.3, -0.25) is 4.79 Å². The molecule has 1 aromatic heterocycles. The van der Waals surface area contributed by atoms with E-state index in [0.717, 1.165) is 39.7 Å². The van der Waals surface area contributed by atoms with E-state index in [1.807, 2.05) is 48.5 Å². The number of hydrogen-bond acceptors (Lipinski definition) is 5. The lowest BCUT2D eigenvalue weighted by molar-refractivity contribution is -0.118. The summed E-state index contributed by atoms with van der Waals surface area (Å²) < 4.78 is 1.11. The molecule has 2 heterocycles. The number of aromatic nitrogens is 1. The Hall–Kier alpha value is -2.60. The highest BCUT2D eigenvalue weighted by molar-refractivity contribution is 7.22. The van der Waals surface area contributed by atoms with Gasteiger partial charge >= 0.3 is 0 Å². The fraction of sp³-hybridized carbons (Fsp3) is 0.263. The fourth-order valence-corrected chi connectivity index (χ4v) is 4.23. The lowest BCUT2D eigenvalue weighted by Gasteiger charge is -2.17. The molecule has 1 aliphatic heterocycles. The van der Waals surface area contributed by atoms with E-state index in [1.54, 1.807) is 11.3 Å². The van der Waals surface area contributed by atoms with Gasteiger partial charge in [0.15, 0.2) is 5.13 Å². The number of nitrogens with zero attached hydrogens (tertiary/aromatic N) is 2. The molecule has 5 nitrogen and oxygen atoms in total. The highest BCUT2D eigenvalue weighted by atomic mass is 32.1. The lowest BCUT2D eigenvalue weighted by atomic mass is 10.1. The number of primary amides is 1. The van der Waals surface area contributed by atoms with Gasteiger partial charge in [-0.1, -0.05) is 41.7 Å². The predicted molar refractivity (Wildman–Crippen MR) is 103 cm³/mol. The zero-order chi connectivity index (χ0) is 17.2. The molecule has 1 fully saturated rings. The van der Waals surface area contributed by atoms with Gasteiger partial charge in [0.25, 0.3) is 0 Å². The van der Waals surface area contributed by atoms with Crippen molar-refractivity contribution in [1.82, 2.24) is 4.98 Å². The van der Waals surface area contributed by atoms with Crippen LogP contribution in [0.5, 0.6) is 0 Å². The van der Waals surface area contributed by atoms with Crippen LogP contribution in [0.15, 0.2) is 48.5 Å². The maximum Gasteiger partial charge on any atom is 0.244 e. The Morgan fingerprint density at radius 3 is 2.64 bits per heavy atom. The van der Waals surface area contributed by atoms with Crippen molar-refractivity contribution in [3.05, 3.63) is 54.1 Å². The van der Waals surface area contributed by atoms with Gasteiger partial charge in [-0.2, -0.15) is 0 Å². The molecule has 4 rings (SSSR count). The minimum atomic E-state index is -0.551. The summed E-state index contributed by atoms with van der Waals surface area (Å²) in [4.78, 5) is 19.0. The summed E-state index contributed by atoms with van der Waals surface area (Å²) in [5.41, 5.74) is 8.32. The molecule has 0 unspecified atom stereocenters. The number of nitrogens with two attached hydrogens (primary N) is 1. The normalized spacial score (nSPS) is 15.4. The number of fused-ring (bicyclic) bond motifs is 1. The van der Waals surface area contributed by atoms with Crippen molar-refractivity contribution in [2.75, 3.05) is 23.3 Å². The summed E-state index contributed by atoms with van der Waals surface area (Å²) >= 11 is 1.70. The van der Waals surface area contributed by atoms with Crippen LogP contribution >= 0.6 is 11.3 Å². The van der Waals surface area contributed by atoms with Crippen LogP contribution < -0.4 is 16.0 Å². The Labute approximate surface area is 150 Å². The minimum Gasteiger partial charge on any atom is -0.370 e. The second kappa shape index (κ2) is 6.72. The summed E-state index contributed by atoms with van der Waals surface area (Å²) in [6, 6.07) is 15.0. The van der Waals surface area contributed by atoms with Crippen LogP contribution in [0.3, 0.4) is 0 Å². The molecule has 25 heavy (non-hydrogen) atoms. The monoisotopic (exact) mass is 352 g/mol. The van der Waals surface area contributed by atoms with Gasteiger partial charge < -0.3 is 16.0 Å². The first-order chi connectivity index (χ1) is 12.2. The Bertz CT molecular complexity index is 887. The predicted octanol–water partition coefficient (Wildman–Crippen LogP) is 3.54. The van der Waals surface area contributed by atoms with Crippen LogP contribution in [0, 0.1) is 0 Å². The molecule has 0 bridgehead atoms. The van der Waals surface area contributed by atoms with Gasteiger partial charge in [0.2, 0.25) is 5.91 Å². The van der Waals surface area contributed by atoms with E-state index < -0.39 is 11.9 Å². The molecule has 0 aliphatic carbocycles. The lowest BCUT2D eigenvalue weighted by Crippen LogP contribution is -2.27. The zero-order valence-electron chi connectivity index (χ0n) is 13.8. The van der Waals surface area contributed by atoms with Crippen molar-refractivity contribution in [2.24, 2.45) is 5.73 Å². The van der Waals surface area contributed by atoms with Crippen molar-refractivity contribution < 1.29 is 4.79 Å². The van der Waals surface area contributed by atoms with E-state index in [1.165, 1.54) is 12.8 Å². The standard InChI is InChI=1S/C19H20N4OS/c20-18(24)17(13-6-2-1-3-7-13)21-14-8-9-15-16(12-14)25-19(22-15)23-10-4-5-11-23/h1-3,6-9,12,17,21H,4-5,10-11H2,(H2,20,24)/t17-/m1/s1. The molecular formula is C19H20N4OS. The molecule has 1 saturated heterocycles. The van der Waals surface area contributed by atoms with E-state index >= 15 is 0 Å². The molecule has 0 saturated carbocycles. The number of anilines is 2. The van der Waals surface area contributed by atoms with Gasteiger partial charge in [-0.15, -0.1) is 0 Å². The molecule has 1 aliphatic rings. The topological polar surface area (TPSA) is 71.2 Å².